The molecule has 0 aliphatic heterocycles. The third kappa shape index (κ3) is 4.07. The molecular formula is C13H19NO3. The Hall–Kier alpha value is -1.55. The van der Waals surface area contributed by atoms with Crippen molar-refractivity contribution in [2.45, 2.75) is 20.3 Å². The SMILES string of the molecule is CON(C)C(=O)CCOc1ccc(C)c(C)c1. The third-order valence-electron chi connectivity index (χ3n) is 2.69. The molecule has 0 bridgehead atoms. The highest BCUT2D eigenvalue weighted by Gasteiger charge is 2.07. The second-order valence-corrected chi connectivity index (χ2v) is 3.92. The molecular weight excluding hydrogens is 218 g/mol. The number of carbonyl (C=O) groups is 1. The lowest BCUT2D eigenvalue weighted by Gasteiger charge is -2.14. The molecule has 0 N–H and O–H groups in total. The smallest absolute Gasteiger partial charge is 0.249 e. The van der Waals surface area contributed by atoms with Gasteiger partial charge in [-0.15, -0.1) is 0 Å². The molecule has 94 valence electrons. The molecule has 0 saturated carbocycles. The molecule has 0 heterocycles. The van der Waals surface area contributed by atoms with Crippen molar-refractivity contribution in [3.8, 4) is 5.75 Å². The quantitative estimate of drug-likeness (QED) is 0.736. The molecule has 4 nitrogen and oxygen atoms in total. The van der Waals surface area contributed by atoms with Gasteiger partial charge in [0.05, 0.1) is 20.1 Å². The predicted molar refractivity (Wildman–Crippen MR) is 65.8 cm³/mol. The number of hydrogen-bond acceptors (Lipinski definition) is 3. The summed E-state index contributed by atoms with van der Waals surface area (Å²) < 4.78 is 5.50. The van der Waals surface area contributed by atoms with Gasteiger partial charge in [-0.1, -0.05) is 6.07 Å². The van der Waals surface area contributed by atoms with Gasteiger partial charge in [-0.3, -0.25) is 9.63 Å². The lowest BCUT2D eigenvalue weighted by atomic mass is 10.1. The fraction of sp³-hybridized carbons (Fsp3) is 0.462. The second kappa shape index (κ2) is 6.25. The van der Waals surface area contributed by atoms with Crippen molar-refractivity contribution >= 4 is 5.91 Å². The Morgan fingerprint density at radius 2 is 2.00 bits per heavy atom. The molecule has 1 aromatic rings. The van der Waals surface area contributed by atoms with Gasteiger partial charge in [0.1, 0.15) is 5.75 Å². The summed E-state index contributed by atoms with van der Waals surface area (Å²) >= 11 is 0. The van der Waals surface area contributed by atoms with E-state index in [1.807, 2.05) is 25.1 Å². The molecule has 1 amide bonds. The second-order valence-electron chi connectivity index (χ2n) is 3.92. The van der Waals surface area contributed by atoms with E-state index in [0.29, 0.717) is 13.0 Å². The van der Waals surface area contributed by atoms with Gasteiger partial charge < -0.3 is 4.74 Å². The molecule has 0 atom stereocenters. The number of hydroxylamine groups is 2. The summed E-state index contributed by atoms with van der Waals surface area (Å²) in [5, 5.41) is 1.20. The highest BCUT2D eigenvalue weighted by molar-refractivity contribution is 5.74. The van der Waals surface area contributed by atoms with Crippen LogP contribution in [0.15, 0.2) is 18.2 Å². The third-order valence-corrected chi connectivity index (χ3v) is 2.69. The Labute approximate surface area is 102 Å². The minimum atomic E-state index is -0.101. The van der Waals surface area contributed by atoms with Gasteiger partial charge in [-0.05, 0) is 37.1 Å². The van der Waals surface area contributed by atoms with Crippen LogP contribution in [0.2, 0.25) is 0 Å². The molecule has 0 radical (unpaired) electrons. The molecule has 4 heteroatoms. The molecule has 0 spiro atoms. The van der Waals surface area contributed by atoms with Crippen molar-refractivity contribution in [2.24, 2.45) is 0 Å². The normalized spacial score (nSPS) is 10.1. The van der Waals surface area contributed by atoms with Crippen LogP contribution in [-0.4, -0.2) is 31.7 Å². The monoisotopic (exact) mass is 237 g/mol. The average molecular weight is 237 g/mol. The van der Waals surface area contributed by atoms with E-state index in [2.05, 4.69) is 6.92 Å². The van der Waals surface area contributed by atoms with Crippen LogP contribution in [0, 0.1) is 13.8 Å². The maximum absolute atomic E-state index is 11.4. The van der Waals surface area contributed by atoms with Crippen molar-refractivity contribution < 1.29 is 14.4 Å². The molecule has 0 saturated heterocycles. The molecule has 0 unspecified atom stereocenters. The topological polar surface area (TPSA) is 38.8 Å². The van der Waals surface area contributed by atoms with Crippen LogP contribution >= 0.6 is 0 Å². The summed E-state index contributed by atoms with van der Waals surface area (Å²) in [5.74, 6) is 0.692. The van der Waals surface area contributed by atoms with Crippen molar-refractivity contribution in [2.75, 3.05) is 20.8 Å². The lowest BCUT2D eigenvalue weighted by molar-refractivity contribution is -0.169. The van der Waals surface area contributed by atoms with Gasteiger partial charge in [0.25, 0.3) is 0 Å². The Morgan fingerprint density at radius 3 is 2.59 bits per heavy atom. The first-order valence-corrected chi connectivity index (χ1v) is 5.55. The van der Waals surface area contributed by atoms with E-state index >= 15 is 0 Å². The van der Waals surface area contributed by atoms with Gasteiger partial charge in [0.2, 0.25) is 5.91 Å². The summed E-state index contributed by atoms with van der Waals surface area (Å²) in [4.78, 5) is 16.2. The number of aryl methyl sites for hydroxylation is 2. The fourth-order valence-electron chi connectivity index (χ4n) is 1.32. The van der Waals surface area contributed by atoms with Crippen LogP contribution < -0.4 is 4.74 Å². The van der Waals surface area contributed by atoms with Crippen molar-refractivity contribution in [3.05, 3.63) is 29.3 Å². The zero-order chi connectivity index (χ0) is 12.8. The zero-order valence-electron chi connectivity index (χ0n) is 10.8. The largest absolute Gasteiger partial charge is 0.493 e. The van der Waals surface area contributed by atoms with Crippen LogP contribution in [0.25, 0.3) is 0 Å². The van der Waals surface area contributed by atoms with Crippen molar-refractivity contribution in [1.82, 2.24) is 5.06 Å². The number of carbonyl (C=O) groups excluding carboxylic acids is 1. The van der Waals surface area contributed by atoms with E-state index in [1.54, 1.807) is 7.05 Å². The highest BCUT2D eigenvalue weighted by atomic mass is 16.7. The Balaban J connectivity index is 2.41. The van der Waals surface area contributed by atoms with E-state index in [1.165, 1.54) is 23.3 Å². The van der Waals surface area contributed by atoms with E-state index in [4.69, 9.17) is 9.57 Å². The molecule has 1 aromatic carbocycles. The highest BCUT2D eigenvalue weighted by Crippen LogP contribution is 2.16. The van der Waals surface area contributed by atoms with Crippen molar-refractivity contribution in [3.63, 3.8) is 0 Å². The molecule has 17 heavy (non-hydrogen) atoms. The summed E-state index contributed by atoms with van der Waals surface area (Å²) in [6.45, 7) is 4.44. The van der Waals surface area contributed by atoms with Crippen molar-refractivity contribution in [1.29, 1.82) is 0 Å². The first-order chi connectivity index (χ1) is 8.04. The van der Waals surface area contributed by atoms with Gasteiger partial charge in [0.15, 0.2) is 0 Å². The lowest BCUT2D eigenvalue weighted by Crippen LogP contribution is -2.26. The number of nitrogens with zero attached hydrogens (tertiary/aromatic N) is 1. The first-order valence-electron chi connectivity index (χ1n) is 5.55. The maximum Gasteiger partial charge on any atom is 0.249 e. The van der Waals surface area contributed by atoms with E-state index < -0.39 is 0 Å². The van der Waals surface area contributed by atoms with Crippen LogP contribution in [0.5, 0.6) is 5.75 Å². The number of ether oxygens (including phenoxy) is 1. The van der Waals surface area contributed by atoms with Gasteiger partial charge in [-0.25, -0.2) is 5.06 Å². The standard InChI is InChI=1S/C13H19NO3/c1-10-5-6-12(9-11(10)2)17-8-7-13(15)14(3)16-4/h5-6,9H,7-8H2,1-4H3. The fourth-order valence-corrected chi connectivity index (χ4v) is 1.32. The minimum Gasteiger partial charge on any atom is -0.493 e. The molecule has 0 aromatic heterocycles. The Bertz CT molecular complexity index is 390. The molecule has 0 aliphatic rings. The number of hydrogen-bond donors (Lipinski definition) is 0. The minimum absolute atomic E-state index is 0.101. The van der Waals surface area contributed by atoms with Gasteiger partial charge >= 0.3 is 0 Å². The Kier molecular flexibility index (Phi) is 4.97. The van der Waals surface area contributed by atoms with Crippen LogP contribution in [0.3, 0.4) is 0 Å². The van der Waals surface area contributed by atoms with Crippen LogP contribution in [0.1, 0.15) is 17.5 Å². The number of rotatable bonds is 5. The molecule has 1 rings (SSSR count). The zero-order valence-corrected chi connectivity index (χ0v) is 10.8. The van der Waals surface area contributed by atoms with Gasteiger partial charge in [-0.2, -0.15) is 0 Å². The average Bonchev–Trinajstić information content (AvgIpc) is 2.32. The maximum atomic E-state index is 11.4. The Morgan fingerprint density at radius 1 is 1.29 bits per heavy atom. The number of benzene rings is 1. The summed E-state index contributed by atoms with van der Waals surface area (Å²) in [6, 6.07) is 5.89. The van der Waals surface area contributed by atoms with Crippen LogP contribution in [0.4, 0.5) is 0 Å². The summed E-state index contributed by atoms with van der Waals surface area (Å²) in [5.41, 5.74) is 2.41. The summed E-state index contributed by atoms with van der Waals surface area (Å²) in [7, 11) is 3.04. The summed E-state index contributed by atoms with van der Waals surface area (Å²) in [6.07, 6.45) is 0.303. The van der Waals surface area contributed by atoms with Gasteiger partial charge in [0, 0.05) is 7.05 Å². The number of amides is 1. The van der Waals surface area contributed by atoms with Crippen LogP contribution in [-0.2, 0) is 9.63 Å². The van der Waals surface area contributed by atoms with E-state index in [0.717, 1.165) is 5.75 Å². The van der Waals surface area contributed by atoms with E-state index in [-0.39, 0.29) is 5.91 Å². The first kappa shape index (κ1) is 13.5. The molecule has 0 aliphatic carbocycles. The predicted octanol–water partition coefficient (Wildman–Crippen LogP) is 2.09. The van der Waals surface area contributed by atoms with E-state index in [9.17, 15) is 4.79 Å². The molecule has 0 fully saturated rings.